The van der Waals surface area contributed by atoms with Crippen molar-refractivity contribution in [1.82, 2.24) is 5.32 Å². The summed E-state index contributed by atoms with van der Waals surface area (Å²) in [6, 6.07) is 27.7. The number of nitrogens with one attached hydrogen (secondary N) is 2. The van der Waals surface area contributed by atoms with Crippen LogP contribution in [0.2, 0.25) is 0 Å². The lowest BCUT2D eigenvalue weighted by Gasteiger charge is -2.10. The molecule has 0 radical (unpaired) electrons. The van der Waals surface area contributed by atoms with Crippen molar-refractivity contribution in [1.29, 1.82) is 0 Å². The summed E-state index contributed by atoms with van der Waals surface area (Å²) in [6.07, 6.45) is 1.71. The third-order valence-electron chi connectivity index (χ3n) is 6.08. The molecule has 0 saturated carbocycles. The number of carbonyl (C=O) groups is 3. The van der Waals surface area contributed by atoms with Crippen LogP contribution in [0.1, 0.15) is 56.4 Å². The van der Waals surface area contributed by atoms with E-state index in [-0.39, 0.29) is 24.1 Å². The molecule has 7 heteroatoms. The maximum atomic E-state index is 12.8. The fourth-order valence-corrected chi connectivity index (χ4v) is 3.89. The van der Waals surface area contributed by atoms with Gasteiger partial charge < -0.3 is 20.5 Å². The molecule has 0 aromatic heterocycles. The van der Waals surface area contributed by atoms with Crippen molar-refractivity contribution in [3.05, 3.63) is 119 Å². The zero-order chi connectivity index (χ0) is 27.6. The predicted molar refractivity (Wildman–Crippen MR) is 151 cm³/mol. The van der Waals surface area contributed by atoms with E-state index in [4.69, 9.17) is 4.74 Å². The molecular formula is C32H30N2O5. The van der Waals surface area contributed by atoms with Gasteiger partial charge in [0.25, 0.3) is 11.8 Å². The number of hydrogen-bond donors (Lipinski definition) is 3. The van der Waals surface area contributed by atoms with E-state index in [1.54, 1.807) is 60.7 Å². The number of phenolic OH excluding ortho intramolecular Hbond substituents is 1. The molecule has 4 rings (SSSR count). The highest BCUT2D eigenvalue weighted by Gasteiger charge is 2.12. The molecule has 0 fully saturated rings. The maximum absolute atomic E-state index is 12.8. The second-order valence-corrected chi connectivity index (χ2v) is 9.03. The summed E-state index contributed by atoms with van der Waals surface area (Å²) >= 11 is 0. The average molecular weight is 523 g/mol. The molecule has 0 aliphatic rings. The van der Waals surface area contributed by atoms with Crippen LogP contribution in [-0.2, 0) is 11.3 Å². The van der Waals surface area contributed by atoms with Crippen molar-refractivity contribution in [3.63, 3.8) is 0 Å². The van der Waals surface area contributed by atoms with E-state index >= 15 is 0 Å². The number of carbonyl (C=O) groups excluding carboxylic acids is 3. The molecular weight excluding hydrogens is 492 g/mol. The van der Waals surface area contributed by atoms with Gasteiger partial charge in [-0.2, -0.15) is 0 Å². The van der Waals surface area contributed by atoms with Gasteiger partial charge in [0.1, 0.15) is 5.75 Å². The second-order valence-electron chi connectivity index (χ2n) is 9.03. The van der Waals surface area contributed by atoms with Crippen LogP contribution in [0.4, 0.5) is 5.69 Å². The lowest BCUT2D eigenvalue weighted by molar-refractivity contribution is 0.0499. The number of phenols is 1. The highest BCUT2D eigenvalue weighted by atomic mass is 16.5. The Morgan fingerprint density at radius 3 is 2.13 bits per heavy atom. The number of anilines is 1. The molecule has 4 aromatic rings. The number of amides is 2. The Kier molecular flexibility index (Phi) is 9.08. The Morgan fingerprint density at radius 2 is 1.41 bits per heavy atom. The Labute approximate surface area is 227 Å². The van der Waals surface area contributed by atoms with Gasteiger partial charge in [-0.3, -0.25) is 9.59 Å². The largest absolute Gasteiger partial charge is 0.508 e. The van der Waals surface area contributed by atoms with Crippen LogP contribution in [0, 0.1) is 0 Å². The molecule has 0 bridgehead atoms. The molecule has 39 heavy (non-hydrogen) atoms. The van der Waals surface area contributed by atoms with E-state index in [0.29, 0.717) is 29.0 Å². The van der Waals surface area contributed by atoms with Crippen molar-refractivity contribution >= 4 is 23.5 Å². The van der Waals surface area contributed by atoms with Crippen molar-refractivity contribution in [3.8, 4) is 16.9 Å². The van der Waals surface area contributed by atoms with E-state index in [9.17, 15) is 19.5 Å². The lowest BCUT2D eigenvalue weighted by Crippen LogP contribution is -2.22. The van der Waals surface area contributed by atoms with Crippen molar-refractivity contribution in [2.75, 3.05) is 11.9 Å². The molecule has 2 amide bonds. The van der Waals surface area contributed by atoms with Crippen LogP contribution in [0.15, 0.2) is 97.1 Å². The molecule has 0 aliphatic heterocycles. The van der Waals surface area contributed by atoms with E-state index in [2.05, 4.69) is 10.6 Å². The zero-order valence-corrected chi connectivity index (χ0v) is 21.6. The van der Waals surface area contributed by atoms with Crippen molar-refractivity contribution in [2.24, 2.45) is 0 Å². The topological polar surface area (TPSA) is 105 Å². The van der Waals surface area contributed by atoms with E-state index in [1.807, 2.05) is 37.3 Å². The molecule has 4 aromatic carbocycles. The fraction of sp³-hybridized carbons (Fsp3) is 0.156. The van der Waals surface area contributed by atoms with Gasteiger partial charge in [-0.05, 0) is 77.7 Å². The molecule has 3 N–H and O–H groups in total. The first-order valence-electron chi connectivity index (χ1n) is 12.8. The number of rotatable bonds is 10. The number of aromatic hydroxyl groups is 1. The average Bonchev–Trinajstić information content (AvgIpc) is 2.97. The molecule has 0 spiro atoms. The molecule has 0 saturated heterocycles. The first-order valence-corrected chi connectivity index (χ1v) is 12.8. The van der Waals surface area contributed by atoms with Gasteiger partial charge >= 0.3 is 5.97 Å². The van der Waals surface area contributed by atoms with Gasteiger partial charge in [0.05, 0.1) is 12.2 Å². The predicted octanol–water partition coefficient (Wildman–Crippen LogP) is 6.20. The second kappa shape index (κ2) is 13.1. The minimum atomic E-state index is -0.453. The smallest absolute Gasteiger partial charge is 0.338 e. The molecule has 0 heterocycles. The van der Waals surface area contributed by atoms with Gasteiger partial charge in [-0.1, -0.05) is 55.8 Å². The summed E-state index contributed by atoms with van der Waals surface area (Å²) in [4.78, 5) is 37.7. The zero-order valence-electron chi connectivity index (χ0n) is 21.6. The van der Waals surface area contributed by atoms with E-state index in [1.165, 1.54) is 6.07 Å². The standard InChI is InChI=1S/C32H30N2O5/c1-2-3-18-39-32(38)27-8-5-7-26(20-27)31(37)34-28-9-4-6-22(19-28)21-33-30(36)25-12-10-23(11-13-25)24-14-16-29(35)17-15-24/h4-17,19-20,35H,2-3,18,21H2,1H3,(H,33,36)(H,34,37). The van der Waals surface area contributed by atoms with Gasteiger partial charge in [0.15, 0.2) is 0 Å². The van der Waals surface area contributed by atoms with Crippen molar-refractivity contribution < 1.29 is 24.2 Å². The molecule has 198 valence electrons. The molecule has 0 aliphatic carbocycles. The number of hydrogen-bond acceptors (Lipinski definition) is 5. The summed E-state index contributed by atoms with van der Waals surface area (Å²) in [5, 5.41) is 15.2. The van der Waals surface area contributed by atoms with Gasteiger partial charge in [-0.25, -0.2) is 4.79 Å². The van der Waals surface area contributed by atoms with Gasteiger partial charge in [-0.15, -0.1) is 0 Å². The Morgan fingerprint density at radius 1 is 0.744 bits per heavy atom. The fourth-order valence-electron chi connectivity index (χ4n) is 3.89. The van der Waals surface area contributed by atoms with Crippen LogP contribution in [0.3, 0.4) is 0 Å². The summed E-state index contributed by atoms with van der Waals surface area (Å²) in [7, 11) is 0. The minimum absolute atomic E-state index is 0.201. The summed E-state index contributed by atoms with van der Waals surface area (Å²) < 4.78 is 5.23. The lowest BCUT2D eigenvalue weighted by atomic mass is 10.0. The SMILES string of the molecule is CCCCOC(=O)c1cccc(C(=O)Nc2cccc(CNC(=O)c3ccc(-c4ccc(O)cc4)cc3)c2)c1. The first kappa shape index (κ1) is 27.1. The van der Waals surface area contributed by atoms with Gasteiger partial charge in [0.2, 0.25) is 0 Å². The van der Waals surface area contributed by atoms with Crippen LogP contribution in [0.25, 0.3) is 11.1 Å². The van der Waals surface area contributed by atoms with Crippen LogP contribution in [0.5, 0.6) is 5.75 Å². The Hall–Kier alpha value is -4.91. The minimum Gasteiger partial charge on any atom is -0.508 e. The summed E-state index contributed by atoms with van der Waals surface area (Å²) in [6.45, 7) is 2.64. The monoisotopic (exact) mass is 522 g/mol. The van der Waals surface area contributed by atoms with Crippen molar-refractivity contribution in [2.45, 2.75) is 26.3 Å². The molecule has 7 nitrogen and oxygen atoms in total. The Bertz CT molecular complexity index is 1450. The highest BCUT2D eigenvalue weighted by Crippen LogP contribution is 2.22. The molecule has 0 atom stereocenters. The number of esters is 1. The van der Waals surface area contributed by atoms with Gasteiger partial charge in [0, 0.05) is 23.4 Å². The summed E-state index contributed by atoms with van der Waals surface area (Å²) in [5.41, 5.74) is 4.46. The first-order chi connectivity index (χ1) is 18.9. The van der Waals surface area contributed by atoms with E-state index < -0.39 is 5.97 Å². The number of benzene rings is 4. The number of unbranched alkanes of at least 4 members (excludes halogenated alkanes) is 1. The Balaban J connectivity index is 1.33. The quantitative estimate of drug-likeness (QED) is 0.170. The van der Waals surface area contributed by atoms with Crippen LogP contribution < -0.4 is 10.6 Å². The third-order valence-corrected chi connectivity index (χ3v) is 6.08. The highest BCUT2D eigenvalue weighted by molar-refractivity contribution is 6.05. The number of ether oxygens (including phenoxy) is 1. The van der Waals surface area contributed by atoms with Crippen LogP contribution >= 0.6 is 0 Å². The maximum Gasteiger partial charge on any atom is 0.338 e. The normalized spacial score (nSPS) is 10.5. The molecule has 0 unspecified atom stereocenters. The third kappa shape index (κ3) is 7.55. The van der Waals surface area contributed by atoms with E-state index in [0.717, 1.165) is 29.5 Å². The van der Waals surface area contributed by atoms with Crippen LogP contribution in [-0.4, -0.2) is 29.5 Å². The summed E-state index contributed by atoms with van der Waals surface area (Å²) in [5.74, 6) is -0.823.